The smallest absolute Gasteiger partial charge is 0.237 e. The quantitative estimate of drug-likeness (QED) is 0.804. The highest BCUT2D eigenvalue weighted by molar-refractivity contribution is 9.10. The molecule has 2 aromatic carbocycles. The number of anilines is 2. The largest absolute Gasteiger partial charge is 0.398 e. The summed E-state index contributed by atoms with van der Waals surface area (Å²) in [4.78, 5) is 0. The molecule has 0 bridgehead atoms. The van der Waals surface area contributed by atoms with Gasteiger partial charge in [0.2, 0.25) is 10.0 Å². The van der Waals surface area contributed by atoms with Crippen molar-refractivity contribution in [3.63, 3.8) is 0 Å². The van der Waals surface area contributed by atoms with Gasteiger partial charge in [0, 0.05) is 16.2 Å². The van der Waals surface area contributed by atoms with E-state index >= 15 is 0 Å². The molecule has 0 aliphatic carbocycles. The van der Waals surface area contributed by atoms with Crippen LogP contribution < -0.4 is 10.5 Å². The lowest BCUT2D eigenvalue weighted by Crippen LogP contribution is -2.17. The molecule has 0 unspecified atom stereocenters. The van der Waals surface area contributed by atoms with Gasteiger partial charge < -0.3 is 5.73 Å². The summed E-state index contributed by atoms with van der Waals surface area (Å²) >= 11 is 2.92. The Morgan fingerprint density at radius 2 is 1.86 bits per heavy atom. The molecule has 112 valence electrons. The minimum absolute atomic E-state index is 0.0235. The predicted molar refractivity (Wildman–Crippen MR) is 81.2 cm³/mol. The number of rotatable bonds is 4. The van der Waals surface area contributed by atoms with Crippen LogP contribution in [0.15, 0.2) is 40.9 Å². The van der Waals surface area contributed by atoms with E-state index in [0.717, 1.165) is 6.07 Å². The van der Waals surface area contributed by atoms with Crippen LogP contribution in [0.5, 0.6) is 0 Å². The van der Waals surface area contributed by atoms with Gasteiger partial charge in [-0.2, -0.15) is 0 Å². The first-order valence-electron chi connectivity index (χ1n) is 5.77. The Morgan fingerprint density at radius 1 is 1.19 bits per heavy atom. The zero-order valence-electron chi connectivity index (χ0n) is 10.6. The van der Waals surface area contributed by atoms with Gasteiger partial charge in [0.15, 0.2) is 5.82 Å². The number of hydrogen-bond acceptors (Lipinski definition) is 3. The summed E-state index contributed by atoms with van der Waals surface area (Å²) in [5, 5.41) is 0. The van der Waals surface area contributed by atoms with Crippen LogP contribution in [-0.2, 0) is 15.8 Å². The lowest BCUT2D eigenvalue weighted by molar-refractivity contribution is 0.581. The molecule has 2 rings (SSSR count). The molecule has 0 saturated carbocycles. The van der Waals surface area contributed by atoms with E-state index in [-0.39, 0.29) is 10.2 Å². The van der Waals surface area contributed by atoms with E-state index in [4.69, 9.17) is 5.73 Å². The first-order valence-corrected chi connectivity index (χ1v) is 8.21. The Morgan fingerprint density at radius 3 is 2.48 bits per heavy atom. The fourth-order valence-electron chi connectivity index (χ4n) is 1.70. The van der Waals surface area contributed by atoms with E-state index in [9.17, 15) is 17.2 Å². The molecule has 2 aromatic rings. The summed E-state index contributed by atoms with van der Waals surface area (Å²) in [5.41, 5.74) is 6.05. The molecule has 4 nitrogen and oxygen atoms in total. The van der Waals surface area contributed by atoms with Crippen LogP contribution in [0.25, 0.3) is 0 Å². The molecule has 0 aliphatic heterocycles. The lowest BCUT2D eigenvalue weighted by Gasteiger charge is -2.12. The zero-order valence-corrected chi connectivity index (χ0v) is 13.0. The monoisotopic (exact) mass is 376 g/mol. The van der Waals surface area contributed by atoms with E-state index in [0.29, 0.717) is 17.3 Å². The summed E-state index contributed by atoms with van der Waals surface area (Å²) in [6, 6.07) is 8.02. The maximum atomic E-state index is 13.6. The van der Waals surface area contributed by atoms with Crippen molar-refractivity contribution in [3.05, 3.63) is 58.1 Å². The van der Waals surface area contributed by atoms with Gasteiger partial charge in [-0.1, -0.05) is 18.2 Å². The molecule has 0 amide bonds. The minimum Gasteiger partial charge on any atom is -0.398 e. The molecule has 0 aliphatic rings. The van der Waals surface area contributed by atoms with Crippen LogP contribution in [0.1, 0.15) is 5.56 Å². The summed E-state index contributed by atoms with van der Waals surface area (Å²) in [6.45, 7) is 0. The van der Waals surface area contributed by atoms with Crippen LogP contribution in [-0.4, -0.2) is 8.42 Å². The lowest BCUT2D eigenvalue weighted by atomic mass is 10.2. The zero-order chi connectivity index (χ0) is 15.6. The van der Waals surface area contributed by atoms with Crippen LogP contribution in [0.3, 0.4) is 0 Å². The third-order valence-corrected chi connectivity index (χ3v) is 4.50. The highest BCUT2D eigenvalue weighted by atomic mass is 79.9. The summed E-state index contributed by atoms with van der Waals surface area (Å²) in [6.07, 6.45) is 0. The summed E-state index contributed by atoms with van der Waals surface area (Å²) in [7, 11) is -3.89. The van der Waals surface area contributed by atoms with Crippen molar-refractivity contribution >= 4 is 37.3 Å². The molecule has 21 heavy (non-hydrogen) atoms. The Bertz CT molecular complexity index is 758. The molecule has 0 saturated heterocycles. The first-order chi connectivity index (χ1) is 9.78. The second-order valence-corrected chi connectivity index (χ2v) is 6.88. The molecule has 0 radical (unpaired) electrons. The van der Waals surface area contributed by atoms with Crippen LogP contribution >= 0.6 is 15.9 Å². The van der Waals surface area contributed by atoms with Crippen LogP contribution in [0.2, 0.25) is 0 Å². The third kappa shape index (κ3) is 3.92. The van der Waals surface area contributed by atoms with E-state index in [1.54, 1.807) is 24.3 Å². The number of benzene rings is 2. The number of halogens is 3. The molecular formula is C13H11BrF2N2O2S. The van der Waals surface area contributed by atoms with Crippen molar-refractivity contribution in [2.75, 3.05) is 10.5 Å². The number of nitrogen functional groups attached to an aromatic ring is 1. The van der Waals surface area contributed by atoms with Crippen molar-refractivity contribution in [3.8, 4) is 0 Å². The molecule has 0 aromatic heterocycles. The van der Waals surface area contributed by atoms with Crippen molar-refractivity contribution in [1.82, 2.24) is 0 Å². The van der Waals surface area contributed by atoms with Gasteiger partial charge in [0.1, 0.15) is 5.82 Å². The van der Waals surface area contributed by atoms with E-state index in [1.807, 2.05) is 0 Å². The Kier molecular flexibility index (Phi) is 4.48. The Labute approximate surface area is 129 Å². The molecule has 3 N–H and O–H groups in total. The van der Waals surface area contributed by atoms with Crippen molar-refractivity contribution in [2.24, 2.45) is 0 Å². The number of nitrogens with two attached hydrogens (primary N) is 1. The van der Waals surface area contributed by atoms with E-state index < -0.39 is 27.4 Å². The highest BCUT2D eigenvalue weighted by Gasteiger charge is 2.18. The molecule has 0 fully saturated rings. The summed E-state index contributed by atoms with van der Waals surface area (Å²) in [5.74, 6) is -2.23. The van der Waals surface area contributed by atoms with Gasteiger partial charge in [0.05, 0.1) is 11.4 Å². The average molecular weight is 377 g/mol. The van der Waals surface area contributed by atoms with Gasteiger partial charge in [-0.3, -0.25) is 4.72 Å². The SMILES string of the molecule is Nc1ccccc1CS(=O)(=O)Nc1c(F)cc(F)cc1Br. The van der Waals surface area contributed by atoms with Crippen molar-refractivity contribution in [2.45, 2.75) is 5.75 Å². The number of sulfonamides is 1. The van der Waals surface area contributed by atoms with Crippen molar-refractivity contribution < 1.29 is 17.2 Å². The number of nitrogens with one attached hydrogen (secondary N) is 1. The first kappa shape index (κ1) is 15.7. The van der Waals surface area contributed by atoms with Gasteiger partial charge in [-0.05, 0) is 33.6 Å². The third-order valence-electron chi connectivity index (χ3n) is 2.67. The van der Waals surface area contributed by atoms with Gasteiger partial charge in [0.25, 0.3) is 0 Å². The molecule has 8 heteroatoms. The number of para-hydroxylation sites is 1. The fourth-order valence-corrected chi connectivity index (χ4v) is 3.60. The number of hydrogen-bond donors (Lipinski definition) is 2. The summed E-state index contributed by atoms with van der Waals surface area (Å²) < 4.78 is 52.8. The van der Waals surface area contributed by atoms with E-state index in [2.05, 4.69) is 20.7 Å². The van der Waals surface area contributed by atoms with Crippen LogP contribution in [0, 0.1) is 11.6 Å². The predicted octanol–water partition coefficient (Wildman–Crippen LogP) is 3.25. The molecule has 0 heterocycles. The Balaban J connectivity index is 2.29. The van der Waals surface area contributed by atoms with Gasteiger partial charge in [-0.15, -0.1) is 0 Å². The maximum absolute atomic E-state index is 13.6. The maximum Gasteiger partial charge on any atom is 0.237 e. The van der Waals surface area contributed by atoms with Crippen molar-refractivity contribution in [1.29, 1.82) is 0 Å². The highest BCUT2D eigenvalue weighted by Crippen LogP contribution is 2.28. The van der Waals surface area contributed by atoms with E-state index in [1.165, 1.54) is 0 Å². The minimum atomic E-state index is -3.89. The second kappa shape index (κ2) is 5.98. The molecule has 0 atom stereocenters. The standard InChI is InChI=1S/C13H11BrF2N2O2S/c14-10-5-9(15)6-11(16)13(10)18-21(19,20)7-8-3-1-2-4-12(8)17/h1-6,18H,7,17H2. The normalized spacial score (nSPS) is 11.4. The molecule has 0 spiro atoms. The topological polar surface area (TPSA) is 72.2 Å². The Hall–Kier alpha value is -1.67. The van der Waals surface area contributed by atoms with Gasteiger partial charge in [-0.25, -0.2) is 17.2 Å². The average Bonchev–Trinajstić information content (AvgIpc) is 2.36. The van der Waals surface area contributed by atoms with Crippen LogP contribution in [0.4, 0.5) is 20.2 Å². The molecular weight excluding hydrogens is 366 g/mol. The fraction of sp³-hybridized carbons (Fsp3) is 0.0769. The second-order valence-electron chi connectivity index (χ2n) is 4.30. The van der Waals surface area contributed by atoms with Gasteiger partial charge >= 0.3 is 0 Å².